The zero-order chi connectivity index (χ0) is 20.5. The lowest BCUT2D eigenvalue weighted by molar-refractivity contribution is 0.0478. The normalized spacial score (nSPS) is 11.0. The first-order chi connectivity index (χ1) is 13.9. The van der Waals surface area contributed by atoms with E-state index in [4.69, 9.17) is 4.74 Å². The van der Waals surface area contributed by atoms with Crippen LogP contribution in [0.25, 0.3) is 15.9 Å². The summed E-state index contributed by atoms with van der Waals surface area (Å²) >= 11 is 1.15. The van der Waals surface area contributed by atoms with Crippen molar-refractivity contribution >= 4 is 33.3 Å². The summed E-state index contributed by atoms with van der Waals surface area (Å²) in [5.74, 6) is -2.32. The van der Waals surface area contributed by atoms with Crippen LogP contribution in [0.3, 0.4) is 0 Å². The van der Waals surface area contributed by atoms with Crippen molar-refractivity contribution in [1.29, 1.82) is 0 Å². The van der Waals surface area contributed by atoms with Crippen molar-refractivity contribution < 1.29 is 23.1 Å². The Hall–Kier alpha value is -3.39. The highest BCUT2D eigenvalue weighted by molar-refractivity contribution is 7.20. The first-order valence-corrected chi connectivity index (χ1v) is 9.45. The standard InChI is InChI=1S/C21H14F2N2O3S/c1-12-16-10-19(21(27)28-11-18(26)15-4-2-3-5-17(15)23)29-20(16)25(24-12)14-8-6-13(22)7-9-14/h2-10H,11H2,1H3. The van der Waals surface area contributed by atoms with Gasteiger partial charge in [0.15, 0.2) is 6.61 Å². The lowest BCUT2D eigenvalue weighted by Crippen LogP contribution is -2.14. The van der Waals surface area contributed by atoms with E-state index in [-0.39, 0.29) is 16.3 Å². The van der Waals surface area contributed by atoms with Gasteiger partial charge in [0.2, 0.25) is 5.78 Å². The van der Waals surface area contributed by atoms with Crippen LogP contribution in [-0.4, -0.2) is 28.1 Å². The van der Waals surface area contributed by atoms with Crippen LogP contribution in [-0.2, 0) is 4.74 Å². The zero-order valence-corrected chi connectivity index (χ0v) is 16.0. The Labute approximate surface area is 168 Å². The van der Waals surface area contributed by atoms with E-state index in [2.05, 4.69) is 5.10 Å². The van der Waals surface area contributed by atoms with Gasteiger partial charge in [0.05, 0.1) is 16.9 Å². The molecule has 4 rings (SSSR count). The smallest absolute Gasteiger partial charge is 0.348 e. The average Bonchev–Trinajstić information content (AvgIpc) is 3.28. The van der Waals surface area contributed by atoms with Crippen molar-refractivity contribution in [3.8, 4) is 5.69 Å². The minimum absolute atomic E-state index is 0.126. The summed E-state index contributed by atoms with van der Waals surface area (Å²) < 4.78 is 33.6. The molecule has 146 valence electrons. The van der Waals surface area contributed by atoms with Crippen LogP contribution in [0.1, 0.15) is 25.7 Å². The van der Waals surface area contributed by atoms with Gasteiger partial charge in [-0.25, -0.2) is 18.3 Å². The molecule has 0 unspecified atom stereocenters. The minimum atomic E-state index is -0.680. The molecule has 0 radical (unpaired) electrons. The molecule has 0 bridgehead atoms. The largest absolute Gasteiger partial charge is 0.453 e. The number of benzene rings is 2. The molecule has 0 aliphatic heterocycles. The fraction of sp³-hybridized carbons (Fsp3) is 0.0952. The van der Waals surface area contributed by atoms with Gasteiger partial charge in [0.25, 0.3) is 0 Å². The van der Waals surface area contributed by atoms with E-state index in [1.807, 2.05) is 0 Å². The number of ketones is 1. The lowest BCUT2D eigenvalue weighted by atomic mass is 10.1. The highest BCUT2D eigenvalue weighted by Crippen LogP contribution is 2.31. The fourth-order valence-corrected chi connectivity index (χ4v) is 3.95. The molecular weight excluding hydrogens is 398 g/mol. The number of halogens is 2. The van der Waals surface area contributed by atoms with E-state index in [1.165, 1.54) is 36.4 Å². The summed E-state index contributed by atoms with van der Waals surface area (Å²) in [7, 11) is 0. The number of hydrogen-bond donors (Lipinski definition) is 0. The number of carbonyl (C=O) groups excluding carboxylic acids is 2. The summed E-state index contributed by atoms with van der Waals surface area (Å²) in [5, 5.41) is 5.19. The number of fused-ring (bicyclic) bond motifs is 1. The maximum atomic E-state index is 13.7. The summed E-state index contributed by atoms with van der Waals surface area (Å²) in [4.78, 5) is 25.5. The third kappa shape index (κ3) is 3.66. The van der Waals surface area contributed by atoms with Crippen LogP contribution in [0, 0.1) is 18.6 Å². The molecule has 0 fully saturated rings. The second-order valence-electron chi connectivity index (χ2n) is 6.28. The van der Waals surface area contributed by atoms with Crippen molar-refractivity contribution in [2.45, 2.75) is 6.92 Å². The van der Waals surface area contributed by atoms with Crippen molar-refractivity contribution in [3.05, 3.63) is 82.4 Å². The van der Waals surface area contributed by atoms with Gasteiger partial charge in [0.1, 0.15) is 21.3 Å². The molecule has 0 spiro atoms. The highest BCUT2D eigenvalue weighted by atomic mass is 32.1. The molecule has 5 nitrogen and oxygen atoms in total. The van der Waals surface area contributed by atoms with Gasteiger partial charge in [-0.15, -0.1) is 11.3 Å². The maximum absolute atomic E-state index is 13.7. The van der Waals surface area contributed by atoms with Crippen LogP contribution in [0.4, 0.5) is 8.78 Å². The van der Waals surface area contributed by atoms with Crippen LogP contribution < -0.4 is 0 Å². The van der Waals surface area contributed by atoms with Gasteiger partial charge >= 0.3 is 5.97 Å². The van der Waals surface area contributed by atoms with E-state index in [1.54, 1.807) is 29.8 Å². The summed E-state index contributed by atoms with van der Waals surface area (Å²) in [5.41, 5.74) is 1.22. The number of Topliss-reactive ketones (excluding diaryl/α,β-unsaturated/α-hetero) is 1. The van der Waals surface area contributed by atoms with Crippen LogP contribution >= 0.6 is 11.3 Å². The maximum Gasteiger partial charge on any atom is 0.348 e. The topological polar surface area (TPSA) is 61.2 Å². The molecular formula is C21H14F2N2O3S. The number of nitrogens with zero attached hydrogens (tertiary/aromatic N) is 2. The van der Waals surface area contributed by atoms with Gasteiger partial charge in [-0.3, -0.25) is 4.79 Å². The molecule has 0 saturated carbocycles. The molecule has 8 heteroatoms. The molecule has 0 amide bonds. The Balaban J connectivity index is 1.56. The first-order valence-electron chi connectivity index (χ1n) is 8.64. The average molecular weight is 412 g/mol. The lowest BCUT2D eigenvalue weighted by Gasteiger charge is -2.04. The SMILES string of the molecule is Cc1nn(-c2ccc(F)cc2)c2sc(C(=O)OCC(=O)c3ccccc3F)cc12. The number of rotatable bonds is 5. The van der Waals surface area contributed by atoms with Crippen molar-refractivity contribution in [2.24, 2.45) is 0 Å². The molecule has 4 aromatic rings. The van der Waals surface area contributed by atoms with Crippen LogP contribution in [0.2, 0.25) is 0 Å². The number of aromatic nitrogens is 2. The number of thiophene rings is 1. The van der Waals surface area contributed by atoms with Gasteiger partial charge < -0.3 is 4.74 Å². The number of carbonyl (C=O) groups is 2. The van der Waals surface area contributed by atoms with E-state index >= 15 is 0 Å². The molecule has 0 aliphatic rings. The van der Waals surface area contributed by atoms with Crippen molar-refractivity contribution in [1.82, 2.24) is 9.78 Å². The van der Waals surface area contributed by atoms with E-state index in [0.29, 0.717) is 16.2 Å². The number of ether oxygens (including phenoxy) is 1. The predicted octanol–water partition coefficient (Wildman–Crippen LogP) is 4.71. The molecule has 2 aromatic heterocycles. The Morgan fingerprint density at radius 3 is 2.55 bits per heavy atom. The van der Waals surface area contributed by atoms with Gasteiger partial charge in [-0.2, -0.15) is 5.10 Å². The van der Waals surface area contributed by atoms with Crippen molar-refractivity contribution in [3.63, 3.8) is 0 Å². The molecule has 29 heavy (non-hydrogen) atoms. The van der Waals surface area contributed by atoms with Gasteiger partial charge in [-0.05, 0) is 49.4 Å². The minimum Gasteiger partial charge on any atom is -0.453 e. The van der Waals surface area contributed by atoms with Gasteiger partial charge in [0, 0.05) is 5.39 Å². The Morgan fingerprint density at radius 1 is 1.10 bits per heavy atom. The Bertz CT molecular complexity index is 1230. The van der Waals surface area contributed by atoms with E-state index in [0.717, 1.165) is 16.7 Å². The quantitative estimate of drug-likeness (QED) is 0.352. The van der Waals surface area contributed by atoms with Crippen LogP contribution in [0.5, 0.6) is 0 Å². The number of aryl methyl sites for hydroxylation is 1. The van der Waals surface area contributed by atoms with Crippen LogP contribution in [0.15, 0.2) is 54.6 Å². The second kappa shape index (κ2) is 7.56. The zero-order valence-electron chi connectivity index (χ0n) is 15.2. The first kappa shape index (κ1) is 18.9. The summed E-state index contributed by atoms with van der Waals surface area (Å²) in [6.45, 7) is 1.24. The number of esters is 1. The highest BCUT2D eigenvalue weighted by Gasteiger charge is 2.20. The Kier molecular flexibility index (Phi) is 4.94. The molecule has 0 N–H and O–H groups in total. The molecule has 0 atom stereocenters. The predicted molar refractivity (Wildman–Crippen MR) is 105 cm³/mol. The Morgan fingerprint density at radius 2 is 1.83 bits per heavy atom. The molecule has 0 saturated heterocycles. The third-order valence-corrected chi connectivity index (χ3v) is 5.42. The van der Waals surface area contributed by atoms with E-state index in [9.17, 15) is 18.4 Å². The van der Waals surface area contributed by atoms with E-state index < -0.39 is 24.2 Å². The molecule has 2 aromatic carbocycles. The number of hydrogen-bond acceptors (Lipinski definition) is 5. The van der Waals surface area contributed by atoms with Gasteiger partial charge in [-0.1, -0.05) is 12.1 Å². The second-order valence-corrected chi connectivity index (χ2v) is 7.31. The third-order valence-electron chi connectivity index (χ3n) is 4.33. The molecule has 0 aliphatic carbocycles. The fourth-order valence-electron chi connectivity index (χ4n) is 2.87. The monoisotopic (exact) mass is 412 g/mol. The molecule has 2 heterocycles. The summed E-state index contributed by atoms with van der Waals surface area (Å²) in [6, 6.07) is 13.0. The summed E-state index contributed by atoms with van der Waals surface area (Å²) in [6.07, 6.45) is 0. The van der Waals surface area contributed by atoms with Crippen molar-refractivity contribution in [2.75, 3.05) is 6.61 Å².